The van der Waals surface area contributed by atoms with Crippen LogP contribution < -0.4 is 5.32 Å². The Morgan fingerprint density at radius 2 is 2.19 bits per heavy atom. The number of hydrogen-bond acceptors (Lipinski definition) is 3. The number of carbonyl (C=O) groups is 1. The van der Waals surface area contributed by atoms with Crippen LogP contribution in [0, 0.1) is 17.4 Å². The van der Waals surface area contributed by atoms with E-state index in [1.807, 2.05) is 41.6 Å². The quantitative estimate of drug-likeness (QED) is 0.376. The summed E-state index contributed by atoms with van der Waals surface area (Å²) in [6, 6.07) is 7.94. The summed E-state index contributed by atoms with van der Waals surface area (Å²) in [6.45, 7) is 7.74. The van der Waals surface area contributed by atoms with E-state index < -0.39 is 0 Å². The van der Waals surface area contributed by atoms with Crippen LogP contribution >= 0.6 is 0 Å². The van der Waals surface area contributed by atoms with Crippen LogP contribution in [-0.4, -0.2) is 52.3 Å². The molecule has 2 heterocycles. The van der Waals surface area contributed by atoms with Crippen LogP contribution in [0.3, 0.4) is 0 Å². The Balaban J connectivity index is 1.97. The number of nitriles is 1. The predicted octanol–water partition coefficient (Wildman–Crippen LogP) is 2.41. The molecule has 1 amide bonds. The van der Waals surface area contributed by atoms with Crippen LogP contribution in [0.2, 0.25) is 0 Å². The smallest absolute Gasteiger partial charge is 0.219 e. The van der Waals surface area contributed by atoms with Crippen LogP contribution in [0.1, 0.15) is 20.8 Å². The number of rotatable bonds is 2. The average molecular weight is 352 g/mol. The first-order valence-electron chi connectivity index (χ1n) is 8.83. The summed E-state index contributed by atoms with van der Waals surface area (Å²) in [7, 11) is 0. The monoisotopic (exact) mass is 352 g/mol. The van der Waals surface area contributed by atoms with Gasteiger partial charge in [0.25, 0.3) is 0 Å². The van der Waals surface area contributed by atoms with E-state index in [-0.39, 0.29) is 11.9 Å². The molecule has 1 atom stereocenters. The third-order valence-corrected chi connectivity index (χ3v) is 4.87. The van der Waals surface area contributed by atoms with E-state index in [2.05, 4.69) is 29.0 Å². The van der Waals surface area contributed by atoms with Gasteiger partial charge in [-0.3, -0.25) is 10.1 Å². The first-order chi connectivity index (χ1) is 12.5. The van der Waals surface area contributed by atoms with Crippen molar-refractivity contribution in [3.63, 3.8) is 0 Å². The fraction of sp³-hybridized carbons (Fsp3) is 0.421. The van der Waals surface area contributed by atoms with Crippen LogP contribution in [-0.2, 0) is 4.79 Å². The Morgan fingerprint density at radius 1 is 1.38 bits per heavy atom. The number of nitrogens with one attached hydrogen (secondary N) is 2. The highest BCUT2D eigenvalue weighted by Gasteiger charge is 2.32. The molecule has 1 aliphatic heterocycles. The van der Waals surface area contributed by atoms with Crippen molar-refractivity contribution in [1.29, 1.82) is 5.26 Å². The summed E-state index contributed by atoms with van der Waals surface area (Å²) in [6.07, 6.45) is 3.89. The SMILES string of the molecule is CC(=O)N1CCN(C(=Nc2cccc3[nH]ccc23)NC#N)C(C(C)C)C1. The molecule has 1 saturated heterocycles. The molecule has 3 rings (SSSR count). The molecule has 0 radical (unpaired) electrons. The fourth-order valence-corrected chi connectivity index (χ4v) is 3.42. The van der Waals surface area contributed by atoms with Crippen molar-refractivity contribution in [2.45, 2.75) is 26.8 Å². The molecule has 1 fully saturated rings. The lowest BCUT2D eigenvalue weighted by Gasteiger charge is -2.44. The standard InChI is InChI=1S/C19H24N6O/c1-13(2)18-11-24(14(3)26)9-10-25(18)19(22-12-20)23-17-6-4-5-16-15(17)7-8-21-16/h4-8,13,18,21H,9-11H2,1-3H3,(H,22,23). The number of H-pyrrole nitrogens is 1. The molecule has 136 valence electrons. The summed E-state index contributed by atoms with van der Waals surface area (Å²) in [5.74, 6) is 0.924. The molecule has 1 unspecified atom stereocenters. The topological polar surface area (TPSA) is 87.5 Å². The van der Waals surface area contributed by atoms with Gasteiger partial charge in [-0.1, -0.05) is 19.9 Å². The van der Waals surface area contributed by atoms with Gasteiger partial charge in [0, 0.05) is 43.7 Å². The number of benzene rings is 1. The predicted molar refractivity (Wildman–Crippen MR) is 102 cm³/mol. The zero-order chi connectivity index (χ0) is 18.7. The van der Waals surface area contributed by atoms with Crippen molar-refractivity contribution >= 4 is 28.5 Å². The molecule has 26 heavy (non-hydrogen) atoms. The Hall–Kier alpha value is -3.01. The molecule has 2 N–H and O–H groups in total. The molecule has 7 heteroatoms. The summed E-state index contributed by atoms with van der Waals surface area (Å²) < 4.78 is 0. The highest BCUT2D eigenvalue weighted by Crippen LogP contribution is 2.26. The van der Waals surface area contributed by atoms with Gasteiger partial charge in [0.1, 0.15) is 0 Å². The second-order valence-corrected chi connectivity index (χ2v) is 6.86. The van der Waals surface area contributed by atoms with Crippen molar-refractivity contribution in [3.05, 3.63) is 30.5 Å². The van der Waals surface area contributed by atoms with E-state index in [0.29, 0.717) is 31.5 Å². The maximum absolute atomic E-state index is 11.8. The van der Waals surface area contributed by atoms with Crippen LogP contribution in [0.15, 0.2) is 35.5 Å². The van der Waals surface area contributed by atoms with E-state index in [4.69, 9.17) is 4.99 Å². The number of nitrogens with zero attached hydrogens (tertiary/aromatic N) is 4. The van der Waals surface area contributed by atoms with Gasteiger partial charge in [-0.2, -0.15) is 5.26 Å². The van der Waals surface area contributed by atoms with E-state index in [0.717, 1.165) is 16.6 Å². The Labute approximate surface area is 153 Å². The minimum absolute atomic E-state index is 0.0825. The van der Waals surface area contributed by atoms with E-state index in [9.17, 15) is 10.1 Å². The van der Waals surface area contributed by atoms with Gasteiger partial charge >= 0.3 is 0 Å². The second-order valence-electron chi connectivity index (χ2n) is 6.86. The van der Waals surface area contributed by atoms with Gasteiger partial charge in [-0.15, -0.1) is 0 Å². The number of piperazine rings is 1. The van der Waals surface area contributed by atoms with Crippen LogP contribution in [0.25, 0.3) is 10.9 Å². The lowest BCUT2D eigenvalue weighted by atomic mass is 10.00. The maximum atomic E-state index is 11.8. The molecule has 2 aromatic rings. The minimum Gasteiger partial charge on any atom is -0.361 e. The Bertz CT molecular complexity index is 862. The molecule has 1 aromatic carbocycles. The second kappa shape index (κ2) is 7.48. The van der Waals surface area contributed by atoms with Crippen molar-refractivity contribution in [1.82, 2.24) is 20.1 Å². The van der Waals surface area contributed by atoms with E-state index in [1.165, 1.54) is 0 Å². The third-order valence-electron chi connectivity index (χ3n) is 4.87. The number of fused-ring (bicyclic) bond motifs is 1. The van der Waals surface area contributed by atoms with Crippen molar-refractivity contribution < 1.29 is 4.79 Å². The largest absolute Gasteiger partial charge is 0.361 e. The van der Waals surface area contributed by atoms with E-state index >= 15 is 0 Å². The maximum Gasteiger partial charge on any atom is 0.219 e. The number of aromatic nitrogens is 1. The first-order valence-corrected chi connectivity index (χ1v) is 8.83. The average Bonchev–Trinajstić information content (AvgIpc) is 3.10. The molecule has 0 aliphatic carbocycles. The zero-order valence-electron chi connectivity index (χ0n) is 15.4. The Kier molecular flexibility index (Phi) is 5.12. The van der Waals surface area contributed by atoms with E-state index in [1.54, 1.807) is 6.92 Å². The Morgan fingerprint density at radius 3 is 2.88 bits per heavy atom. The highest BCUT2D eigenvalue weighted by molar-refractivity contribution is 5.94. The van der Waals surface area contributed by atoms with Crippen molar-refractivity contribution in [3.8, 4) is 6.19 Å². The van der Waals surface area contributed by atoms with Crippen molar-refractivity contribution in [2.24, 2.45) is 10.9 Å². The number of hydrogen-bond donors (Lipinski definition) is 2. The molecule has 0 spiro atoms. The lowest BCUT2D eigenvalue weighted by molar-refractivity contribution is -0.131. The third kappa shape index (κ3) is 3.49. The highest BCUT2D eigenvalue weighted by atomic mass is 16.2. The van der Waals surface area contributed by atoms with Gasteiger partial charge < -0.3 is 14.8 Å². The van der Waals surface area contributed by atoms with Gasteiger partial charge in [0.05, 0.1) is 11.7 Å². The summed E-state index contributed by atoms with van der Waals surface area (Å²) in [5.41, 5.74) is 1.81. The molecular formula is C19H24N6O. The fourth-order valence-electron chi connectivity index (χ4n) is 3.42. The molecule has 1 aliphatic rings. The molecular weight excluding hydrogens is 328 g/mol. The normalized spacial score (nSPS) is 18.3. The van der Waals surface area contributed by atoms with Crippen LogP contribution in [0.4, 0.5) is 5.69 Å². The minimum atomic E-state index is 0.0825. The molecule has 1 aromatic heterocycles. The lowest BCUT2D eigenvalue weighted by Crippen LogP contribution is -2.60. The summed E-state index contributed by atoms with van der Waals surface area (Å²) in [4.78, 5) is 23.7. The number of aromatic amines is 1. The molecule has 0 bridgehead atoms. The van der Waals surface area contributed by atoms with Gasteiger partial charge in [-0.05, 0) is 24.1 Å². The number of aliphatic imine (C=N–C) groups is 1. The number of carbonyl (C=O) groups excluding carboxylic acids is 1. The summed E-state index contributed by atoms with van der Waals surface area (Å²) in [5, 5.41) is 13.0. The molecule has 0 saturated carbocycles. The van der Waals surface area contributed by atoms with Crippen molar-refractivity contribution in [2.75, 3.05) is 19.6 Å². The zero-order valence-corrected chi connectivity index (χ0v) is 15.4. The van der Waals surface area contributed by atoms with Crippen LogP contribution in [0.5, 0.6) is 0 Å². The van der Waals surface area contributed by atoms with Gasteiger partial charge in [0.15, 0.2) is 6.19 Å². The number of guanidine groups is 1. The van der Waals surface area contributed by atoms with Gasteiger partial charge in [-0.25, -0.2) is 4.99 Å². The first kappa shape index (κ1) is 17.8. The summed E-state index contributed by atoms with van der Waals surface area (Å²) >= 11 is 0. The molecule has 7 nitrogen and oxygen atoms in total. The van der Waals surface area contributed by atoms with Gasteiger partial charge in [0.2, 0.25) is 11.9 Å². The number of amides is 1.